The number of benzene rings is 2. The number of ether oxygens (including phenoxy) is 3. The molecule has 2 unspecified atom stereocenters. The van der Waals surface area contributed by atoms with Crippen molar-refractivity contribution >= 4 is 29.6 Å². The molecule has 26 heteroatoms. The number of Topliss-reactive ketones (excluding diaryl/α,β-unsaturated/α-hetero) is 1. The number of amides is 2. The Morgan fingerprint density at radius 3 is 1.96 bits per heavy atom. The standard InChI is InChI=1S/C57H66F10N8O8/c1-53(2,56(62,63)64)42(22-48(78)81-6)50(79)71-73(28-41-43(58)19-36(20-44(41)59)38-24-69-75(25-38)51(60)61)29-46(77)37(21-45(76)49(70-52(80)82-7)54(3,4)57(65,66)67)18-34-11-8-33(9-12-34)10-13-35-14-17-47(68-23-35)72-26-39-15-16-40(27-72)74(39)30-55(5)31-83-32-55/h8-9,11-12,14,17,19-20,23-25,37,39-40,42,46,49,51,77H,15-16,18,21-22,26-32H2,1-7H3,(H,70,80)(H,71,79)/t37-,39?,40?,42-,46+,49-/m1/s1. The van der Waals surface area contributed by atoms with Gasteiger partial charge in [0.15, 0.2) is 5.78 Å². The van der Waals surface area contributed by atoms with Crippen molar-refractivity contribution in [2.75, 3.05) is 58.5 Å². The monoisotopic (exact) mass is 1180 g/mol. The number of nitrogens with zero attached hydrogens (tertiary/aromatic N) is 6. The fourth-order valence-corrected chi connectivity index (χ4v) is 10.5. The molecule has 83 heavy (non-hydrogen) atoms. The predicted octanol–water partition coefficient (Wildman–Crippen LogP) is 8.80. The van der Waals surface area contributed by atoms with Crippen molar-refractivity contribution in [3.05, 3.63) is 101 Å². The summed E-state index contributed by atoms with van der Waals surface area (Å²) >= 11 is 0. The second kappa shape index (κ2) is 25.6. The number of carbonyl (C=O) groups is 4. The fraction of sp³-hybridized carbons (Fsp3) is 0.544. The number of alkyl carbamates (subject to hydrolysis) is 1. The van der Waals surface area contributed by atoms with E-state index in [1.54, 1.807) is 30.5 Å². The van der Waals surface area contributed by atoms with E-state index in [9.17, 15) is 59.4 Å². The molecule has 3 fully saturated rings. The van der Waals surface area contributed by atoms with Crippen molar-refractivity contribution in [1.82, 2.24) is 35.4 Å². The van der Waals surface area contributed by atoms with Gasteiger partial charge < -0.3 is 29.5 Å². The second-order valence-electron chi connectivity index (χ2n) is 22.9. The lowest BCUT2D eigenvalue weighted by molar-refractivity contribution is -0.231. The van der Waals surface area contributed by atoms with E-state index in [4.69, 9.17) is 9.72 Å². The second-order valence-corrected chi connectivity index (χ2v) is 22.9. The van der Waals surface area contributed by atoms with Gasteiger partial charge in [0.25, 0.3) is 0 Å². The van der Waals surface area contributed by atoms with Crippen LogP contribution < -0.4 is 15.6 Å². The summed E-state index contributed by atoms with van der Waals surface area (Å²) in [5.74, 6) is -3.73. The third kappa shape index (κ3) is 15.1. The van der Waals surface area contributed by atoms with Crippen LogP contribution in [0.5, 0.6) is 0 Å². The number of hydrazine groups is 1. The highest BCUT2D eigenvalue weighted by molar-refractivity contribution is 5.88. The summed E-state index contributed by atoms with van der Waals surface area (Å²) in [7, 11) is 1.70. The molecule has 3 N–H and O–H groups in total. The smallest absolute Gasteiger partial charge is 0.407 e. The van der Waals surface area contributed by atoms with Crippen LogP contribution >= 0.6 is 0 Å². The van der Waals surface area contributed by atoms with E-state index in [0.29, 0.717) is 73.6 Å². The zero-order valence-corrected chi connectivity index (χ0v) is 46.6. The van der Waals surface area contributed by atoms with Gasteiger partial charge in [0.2, 0.25) is 5.91 Å². The third-order valence-electron chi connectivity index (χ3n) is 16.0. The minimum atomic E-state index is -5.16. The molecule has 7 rings (SSSR count). The van der Waals surface area contributed by atoms with Gasteiger partial charge in [-0.05, 0) is 86.6 Å². The maximum atomic E-state index is 16.1. The van der Waals surface area contributed by atoms with Crippen molar-refractivity contribution in [2.45, 2.75) is 116 Å². The normalized spacial score (nSPS) is 18.8. The van der Waals surface area contributed by atoms with E-state index in [0.717, 1.165) is 78.1 Å². The van der Waals surface area contributed by atoms with Crippen LogP contribution in [0.3, 0.4) is 0 Å². The van der Waals surface area contributed by atoms with E-state index >= 15 is 8.78 Å². The topological polar surface area (TPSA) is 181 Å². The van der Waals surface area contributed by atoms with E-state index in [-0.39, 0.29) is 27.6 Å². The third-order valence-corrected chi connectivity index (χ3v) is 16.0. The molecule has 16 nitrogen and oxygen atoms in total. The number of halogens is 10. The van der Waals surface area contributed by atoms with Crippen molar-refractivity contribution in [2.24, 2.45) is 28.1 Å². The first-order chi connectivity index (χ1) is 38.8. The highest BCUT2D eigenvalue weighted by atomic mass is 19.4. The Morgan fingerprint density at radius 1 is 0.843 bits per heavy atom. The minimum Gasteiger partial charge on any atom is -0.469 e. The molecule has 0 saturated carbocycles. The molecular weight excluding hydrogens is 1110 g/mol. The van der Waals surface area contributed by atoms with Crippen molar-refractivity contribution in [3.8, 4) is 23.0 Å². The quantitative estimate of drug-likeness (QED) is 0.0294. The fourth-order valence-electron chi connectivity index (χ4n) is 10.5. The van der Waals surface area contributed by atoms with Gasteiger partial charge in [-0.15, -0.1) is 0 Å². The molecule has 2 aromatic carbocycles. The van der Waals surface area contributed by atoms with Crippen molar-refractivity contribution in [1.29, 1.82) is 0 Å². The summed E-state index contributed by atoms with van der Waals surface area (Å²) in [6.07, 6.45) is -10.6. The highest BCUT2D eigenvalue weighted by Gasteiger charge is 2.57. The van der Waals surface area contributed by atoms with E-state index in [1.165, 1.54) is 0 Å². The largest absolute Gasteiger partial charge is 0.469 e. The predicted molar refractivity (Wildman–Crippen MR) is 281 cm³/mol. The first-order valence-electron chi connectivity index (χ1n) is 26.6. The number of rotatable bonds is 22. The van der Waals surface area contributed by atoms with Gasteiger partial charge in [-0.3, -0.25) is 24.7 Å². The first kappa shape index (κ1) is 63.8. The van der Waals surface area contributed by atoms with Crippen molar-refractivity contribution < 1.29 is 82.4 Å². The van der Waals surface area contributed by atoms with Crippen LogP contribution in [0.25, 0.3) is 11.1 Å². The van der Waals surface area contributed by atoms with Gasteiger partial charge in [-0.25, -0.2) is 28.3 Å². The Bertz CT molecular complexity index is 2980. The number of hydrogen-bond donors (Lipinski definition) is 3. The molecule has 2 bridgehead atoms. The Hall–Kier alpha value is -6.82. The number of aliphatic hydroxyl groups is 1. The number of fused-ring (bicyclic) bond motifs is 2. The molecule has 5 heterocycles. The molecule has 4 aromatic rings. The van der Waals surface area contributed by atoms with Gasteiger partial charge in [0, 0.05) is 91.3 Å². The first-order valence-corrected chi connectivity index (χ1v) is 26.6. The lowest BCUT2D eigenvalue weighted by Crippen LogP contribution is -2.59. The van der Waals surface area contributed by atoms with E-state index in [2.05, 4.69) is 48.6 Å². The molecule has 3 aliphatic rings. The summed E-state index contributed by atoms with van der Waals surface area (Å²) in [5.41, 5.74) is -3.57. The highest BCUT2D eigenvalue weighted by Crippen LogP contribution is 2.46. The van der Waals surface area contributed by atoms with E-state index < -0.39 is 121 Å². The average molecular weight is 1180 g/mol. The molecular formula is C57H66F10N8O8. The van der Waals surface area contributed by atoms with Gasteiger partial charge >= 0.3 is 31.0 Å². The van der Waals surface area contributed by atoms with Gasteiger partial charge in [-0.1, -0.05) is 44.7 Å². The summed E-state index contributed by atoms with van der Waals surface area (Å²) in [5, 5.41) is 18.1. The van der Waals surface area contributed by atoms with Crippen LogP contribution in [0.15, 0.2) is 67.1 Å². The van der Waals surface area contributed by atoms with Crippen LogP contribution in [0, 0.1) is 51.6 Å². The zero-order valence-electron chi connectivity index (χ0n) is 46.6. The zero-order chi connectivity index (χ0) is 61.0. The Balaban J connectivity index is 1.17. The number of methoxy groups -OCH3 is 2. The van der Waals surface area contributed by atoms with Crippen LogP contribution in [-0.2, 0) is 41.6 Å². The van der Waals surface area contributed by atoms with Crippen LogP contribution in [0.4, 0.5) is 54.5 Å². The summed E-state index contributed by atoms with van der Waals surface area (Å²) in [6.45, 7) is 3.75. The van der Waals surface area contributed by atoms with Crippen LogP contribution in [-0.4, -0.2) is 144 Å². The number of pyridine rings is 1. The molecule has 0 spiro atoms. The molecule has 3 saturated heterocycles. The SMILES string of the molecule is COC(=O)C[C@H](C(=O)NN(Cc1c(F)cc(-c2cnn(C(F)F)c2)cc1F)C[C@H](O)[C@@H](CC(=O)[C@@H](NC(=O)OC)C(C)(C)C(F)(F)F)Cc1ccc(C#Cc2ccc(N3CC4CCC(C3)N4CC3(C)COC3)nc2)cc1)C(C)(C)C(F)(F)F. The number of aliphatic hydroxyl groups excluding tert-OH is 1. The molecule has 2 aromatic heterocycles. The van der Waals surface area contributed by atoms with Gasteiger partial charge in [-0.2, -0.15) is 40.2 Å². The summed E-state index contributed by atoms with van der Waals surface area (Å²) in [6, 6.07) is 9.92. The molecule has 2 amide bonds. The number of alkyl halides is 8. The molecule has 0 radical (unpaired) electrons. The minimum absolute atomic E-state index is 0.157. The number of carbonyl (C=O) groups excluding carboxylic acids is 4. The molecule has 3 aliphatic heterocycles. The lowest BCUT2D eigenvalue weighted by atomic mass is 9.75. The number of esters is 1. The lowest BCUT2D eigenvalue weighted by Gasteiger charge is -2.48. The number of anilines is 1. The number of aromatic nitrogens is 3. The average Bonchev–Trinajstić information content (AvgIpc) is 4.10. The molecule has 452 valence electrons. The van der Waals surface area contributed by atoms with E-state index in [1.807, 2.05) is 17.4 Å². The Kier molecular flexibility index (Phi) is 19.6. The van der Waals surface area contributed by atoms with Crippen LogP contribution in [0.1, 0.15) is 89.1 Å². The molecule has 0 aliphatic carbocycles. The maximum absolute atomic E-state index is 16.1. The number of piperazine rings is 1. The summed E-state index contributed by atoms with van der Waals surface area (Å²) < 4.78 is 161. The van der Waals surface area contributed by atoms with Gasteiger partial charge in [0.05, 0.1) is 62.9 Å². The number of nitrogens with one attached hydrogen (secondary N) is 2. The Labute approximate surface area is 473 Å². The number of hydrogen-bond acceptors (Lipinski definition) is 13. The van der Waals surface area contributed by atoms with Crippen LogP contribution in [0.2, 0.25) is 0 Å². The van der Waals surface area contributed by atoms with Crippen molar-refractivity contribution in [3.63, 3.8) is 0 Å². The summed E-state index contributed by atoms with van der Waals surface area (Å²) in [4.78, 5) is 62.9. The number of ketones is 1. The van der Waals surface area contributed by atoms with Gasteiger partial charge in [0.1, 0.15) is 23.5 Å². The molecule has 6 atom stereocenters. The Morgan fingerprint density at radius 2 is 1.45 bits per heavy atom. The maximum Gasteiger partial charge on any atom is 0.407 e.